The maximum absolute atomic E-state index is 12.2. The van der Waals surface area contributed by atoms with Crippen molar-refractivity contribution in [3.63, 3.8) is 0 Å². The van der Waals surface area contributed by atoms with Crippen molar-refractivity contribution in [3.8, 4) is 5.75 Å². The number of carbonyl (C=O) groups is 1. The number of pyridine rings is 1. The van der Waals surface area contributed by atoms with E-state index in [1.165, 1.54) is 12.1 Å². The molecule has 2 rings (SSSR count). The molecule has 1 unspecified atom stereocenters. The number of rotatable bonds is 5. The standard InChI is InChI=1S/C15H18N2O3/c1-3-9(2)16-8-13(19)10-4-6-12(18)15-11(10)5-7-14(20)17-15/h4-7,9,16,18H,3,8H2,1-2H3,(H,17,20). The van der Waals surface area contributed by atoms with Crippen molar-refractivity contribution < 1.29 is 9.90 Å². The van der Waals surface area contributed by atoms with Crippen molar-refractivity contribution in [2.45, 2.75) is 26.3 Å². The first-order valence-corrected chi connectivity index (χ1v) is 6.64. The van der Waals surface area contributed by atoms with E-state index >= 15 is 0 Å². The van der Waals surface area contributed by atoms with Crippen molar-refractivity contribution in [2.24, 2.45) is 0 Å². The van der Waals surface area contributed by atoms with Crippen LogP contribution in [0, 0.1) is 0 Å². The van der Waals surface area contributed by atoms with E-state index < -0.39 is 0 Å². The molecule has 5 heteroatoms. The van der Waals surface area contributed by atoms with Gasteiger partial charge < -0.3 is 15.4 Å². The monoisotopic (exact) mass is 274 g/mol. The highest BCUT2D eigenvalue weighted by Crippen LogP contribution is 2.24. The maximum atomic E-state index is 12.2. The molecule has 0 aliphatic rings. The number of aromatic hydroxyl groups is 1. The van der Waals surface area contributed by atoms with Gasteiger partial charge in [0.25, 0.3) is 0 Å². The molecule has 0 saturated carbocycles. The van der Waals surface area contributed by atoms with Crippen LogP contribution in [0.15, 0.2) is 29.1 Å². The molecule has 2 aromatic rings. The highest BCUT2D eigenvalue weighted by atomic mass is 16.3. The van der Waals surface area contributed by atoms with Crippen LogP contribution < -0.4 is 10.9 Å². The van der Waals surface area contributed by atoms with E-state index in [1.54, 1.807) is 12.1 Å². The second-order valence-corrected chi connectivity index (χ2v) is 4.86. The molecule has 1 heterocycles. The Labute approximate surface area is 116 Å². The van der Waals surface area contributed by atoms with E-state index in [0.717, 1.165) is 6.42 Å². The normalized spacial score (nSPS) is 12.5. The van der Waals surface area contributed by atoms with Gasteiger partial charge in [0.2, 0.25) is 5.56 Å². The molecule has 0 aliphatic heterocycles. The first-order chi connectivity index (χ1) is 9.52. The summed E-state index contributed by atoms with van der Waals surface area (Å²) in [5, 5.41) is 13.5. The number of ketones is 1. The molecule has 0 amide bonds. The molecular weight excluding hydrogens is 256 g/mol. The lowest BCUT2D eigenvalue weighted by molar-refractivity contribution is 0.0989. The fourth-order valence-electron chi connectivity index (χ4n) is 1.99. The molecule has 0 bridgehead atoms. The Kier molecular flexibility index (Phi) is 4.20. The number of aromatic amines is 1. The van der Waals surface area contributed by atoms with Gasteiger partial charge in [0.1, 0.15) is 5.75 Å². The topological polar surface area (TPSA) is 82.2 Å². The summed E-state index contributed by atoms with van der Waals surface area (Å²) < 4.78 is 0. The van der Waals surface area contributed by atoms with Crippen LogP contribution in [0.4, 0.5) is 0 Å². The summed E-state index contributed by atoms with van der Waals surface area (Å²) in [5.41, 5.74) is 0.479. The minimum Gasteiger partial charge on any atom is -0.506 e. The van der Waals surface area contributed by atoms with E-state index in [1.807, 2.05) is 13.8 Å². The lowest BCUT2D eigenvalue weighted by Crippen LogP contribution is -2.31. The molecule has 0 fully saturated rings. The third-order valence-corrected chi connectivity index (χ3v) is 3.40. The third-order valence-electron chi connectivity index (χ3n) is 3.40. The average molecular weight is 274 g/mol. The highest BCUT2D eigenvalue weighted by Gasteiger charge is 2.13. The summed E-state index contributed by atoms with van der Waals surface area (Å²) in [6, 6.07) is 6.18. The van der Waals surface area contributed by atoms with Crippen molar-refractivity contribution >= 4 is 16.7 Å². The molecule has 106 valence electrons. The van der Waals surface area contributed by atoms with Gasteiger partial charge in [-0.25, -0.2) is 0 Å². The van der Waals surface area contributed by atoms with E-state index in [9.17, 15) is 14.7 Å². The lowest BCUT2D eigenvalue weighted by atomic mass is 10.0. The van der Waals surface area contributed by atoms with Crippen molar-refractivity contribution in [1.29, 1.82) is 0 Å². The van der Waals surface area contributed by atoms with Gasteiger partial charge in [0.15, 0.2) is 5.78 Å². The SMILES string of the molecule is CCC(C)NCC(=O)c1ccc(O)c2[nH]c(=O)ccc12. The minimum absolute atomic E-state index is 0.0378. The summed E-state index contributed by atoms with van der Waals surface area (Å²) in [6.45, 7) is 4.29. The molecule has 1 atom stereocenters. The van der Waals surface area contributed by atoms with Crippen LogP contribution >= 0.6 is 0 Å². The third kappa shape index (κ3) is 2.88. The quantitative estimate of drug-likeness (QED) is 0.726. The molecule has 0 aliphatic carbocycles. The summed E-state index contributed by atoms with van der Waals surface area (Å²) in [4.78, 5) is 26.1. The van der Waals surface area contributed by atoms with Gasteiger partial charge in [-0.3, -0.25) is 9.59 Å². The smallest absolute Gasteiger partial charge is 0.248 e. The number of nitrogens with one attached hydrogen (secondary N) is 2. The zero-order valence-electron chi connectivity index (χ0n) is 11.6. The Hall–Kier alpha value is -2.14. The molecule has 3 N–H and O–H groups in total. The summed E-state index contributed by atoms with van der Waals surface area (Å²) in [5.74, 6) is -0.105. The van der Waals surface area contributed by atoms with Crippen LogP contribution in [0.5, 0.6) is 5.75 Å². The Morgan fingerprint density at radius 1 is 1.35 bits per heavy atom. The van der Waals surface area contributed by atoms with Crippen LogP contribution in [0.2, 0.25) is 0 Å². The molecule has 1 aromatic carbocycles. The van der Waals surface area contributed by atoms with Crippen molar-refractivity contribution in [1.82, 2.24) is 10.3 Å². The lowest BCUT2D eigenvalue weighted by Gasteiger charge is -2.11. The van der Waals surface area contributed by atoms with Gasteiger partial charge in [-0.15, -0.1) is 0 Å². The Balaban J connectivity index is 2.37. The predicted octanol–water partition coefficient (Wildman–Crippen LogP) is 1.80. The first kappa shape index (κ1) is 14.3. The number of phenols is 1. The number of phenolic OH excluding ortho intramolecular Hbond substituents is 1. The van der Waals surface area contributed by atoms with E-state index in [2.05, 4.69) is 10.3 Å². The second kappa shape index (κ2) is 5.88. The zero-order chi connectivity index (χ0) is 14.7. The fourth-order valence-corrected chi connectivity index (χ4v) is 1.99. The molecule has 20 heavy (non-hydrogen) atoms. The molecule has 0 spiro atoms. The zero-order valence-corrected chi connectivity index (χ0v) is 11.6. The number of hydrogen-bond acceptors (Lipinski definition) is 4. The van der Waals surface area contributed by atoms with Gasteiger partial charge in [-0.05, 0) is 31.5 Å². The number of aromatic nitrogens is 1. The Bertz CT molecular complexity index is 691. The average Bonchev–Trinajstić information content (AvgIpc) is 2.45. The van der Waals surface area contributed by atoms with Gasteiger partial charge in [-0.1, -0.05) is 6.92 Å². The van der Waals surface area contributed by atoms with Crippen LogP contribution in [0.3, 0.4) is 0 Å². The minimum atomic E-state index is -0.310. The fraction of sp³-hybridized carbons (Fsp3) is 0.333. The number of Topliss-reactive ketones (excluding diaryl/α,β-unsaturated/α-hetero) is 1. The Morgan fingerprint density at radius 3 is 2.80 bits per heavy atom. The van der Waals surface area contributed by atoms with Crippen molar-refractivity contribution in [3.05, 3.63) is 40.2 Å². The summed E-state index contributed by atoms with van der Waals surface area (Å²) in [6.07, 6.45) is 0.941. The predicted molar refractivity (Wildman–Crippen MR) is 78.3 cm³/mol. The highest BCUT2D eigenvalue weighted by molar-refractivity contribution is 6.09. The van der Waals surface area contributed by atoms with Crippen LogP contribution in [-0.4, -0.2) is 28.5 Å². The first-order valence-electron chi connectivity index (χ1n) is 6.64. The van der Waals surface area contributed by atoms with Gasteiger partial charge in [0.05, 0.1) is 12.1 Å². The number of carbonyl (C=O) groups excluding carboxylic acids is 1. The van der Waals surface area contributed by atoms with Gasteiger partial charge in [0, 0.05) is 23.1 Å². The Morgan fingerprint density at radius 2 is 2.10 bits per heavy atom. The maximum Gasteiger partial charge on any atom is 0.248 e. The summed E-state index contributed by atoms with van der Waals surface area (Å²) >= 11 is 0. The molecule has 1 aromatic heterocycles. The van der Waals surface area contributed by atoms with E-state index in [-0.39, 0.29) is 29.7 Å². The summed E-state index contributed by atoms with van der Waals surface area (Å²) in [7, 11) is 0. The van der Waals surface area contributed by atoms with E-state index in [0.29, 0.717) is 16.5 Å². The molecule has 0 saturated heterocycles. The number of benzene rings is 1. The largest absolute Gasteiger partial charge is 0.506 e. The number of hydrogen-bond donors (Lipinski definition) is 3. The van der Waals surface area contributed by atoms with Crippen LogP contribution in [0.25, 0.3) is 10.9 Å². The van der Waals surface area contributed by atoms with Crippen LogP contribution in [-0.2, 0) is 0 Å². The van der Waals surface area contributed by atoms with Crippen LogP contribution in [0.1, 0.15) is 30.6 Å². The molecule has 5 nitrogen and oxygen atoms in total. The van der Waals surface area contributed by atoms with E-state index in [4.69, 9.17) is 0 Å². The van der Waals surface area contributed by atoms with Gasteiger partial charge in [-0.2, -0.15) is 0 Å². The number of fused-ring (bicyclic) bond motifs is 1. The van der Waals surface area contributed by atoms with Gasteiger partial charge >= 0.3 is 0 Å². The number of H-pyrrole nitrogens is 1. The van der Waals surface area contributed by atoms with Crippen molar-refractivity contribution in [2.75, 3.05) is 6.54 Å². The molecule has 0 radical (unpaired) electrons. The molecular formula is C15H18N2O3. The second-order valence-electron chi connectivity index (χ2n) is 4.86.